The monoisotopic (exact) mass is 372 g/mol. The van der Waals surface area contributed by atoms with Gasteiger partial charge in [-0.15, -0.1) is 0 Å². The van der Waals surface area contributed by atoms with Crippen LogP contribution in [0.5, 0.6) is 0 Å². The number of aromatic carboxylic acids is 1. The van der Waals surface area contributed by atoms with Crippen molar-refractivity contribution in [1.29, 1.82) is 0 Å². The number of carboxylic acid groups (broad SMARTS) is 1. The standard InChI is InChI=1S/C19H17FN2O5/c20-16-3-1-12(2-4-16)7-13-5-6-21(11-13)18(23)14-8-15(19(24)25)10-17(9-14)22(26)27/h1-4,8-10,13H,5-7,11H2,(H,24,25). The molecule has 140 valence electrons. The lowest BCUT2D eigenvalue weighted by Crippen LogP contribution is -2.29. The Morgan fingerprint density at radius 1 is 1.19 bits per heavy atom. The summed E-state index contributed by atoms with van der Waals surface area (Å²) in [5.41, 5.74) is 0.234. The van der Waals surface area contributed by atoms with Crippen LogP contribution in [0.2, 0.25) is 0 Å². The molecular formula is C19H17FN2O5. The van der Waals surface area contributed by atoms with Crippen molar-refractivity contribution in [2.75, 3.05) is 13.1 Å². The molecule has 2 aromatic carbocycles. The van der Waals surface area contributed by atoms with E-state index in [1.165, 1.54) is 12.1 Å². The van der Waals surface area contributed by atoms with E-state index in [0.29, 0.717) is 19.5 Å². The number of hydrogen-bond donors (Lipinski definition) is 1. The first-order chi connectivity index (χ1) is 12.8. The van der Waals surface area contributed by atoms with Crippen molar-refractivity contribution in [2.24, 2.45) is 5.92 Å². The van der Waals surface area contributed by atoms with Gasteiger partial charge in [-0.3, -0.25) is 14.9 Å². The minimum absolute atomic E-state index is 0.0102. The molecule has 27 heavy (non-hydrogen) atoms. The fourth-order valence-electron chi connectivity index (χ4n) is 3.28. The molecule has 1 amide bonds. The molecule has 2 aromatic rings. The lowest BCUT2D eigenvalue weighted by atomic mass is 9.99. The summed E-state index contributed by atoms with van der Waals surface area (Å²) in [6.07, 6.45) is 1.45. The molecule has 1 saturated heterocycles. The van der Waals surface area contributed by atoms with Crippen LogP contribution in [0, 0.1) is 21.8 Å². The van der Waals surface area contributed by atoms with Crippen LogP contribution in [-0.2, 0) is 6.42 Å². The number of nitro groups is 1. The Bertz CT molecular complexity index is 865. The molecule has 8 heteroatoms. The molecule has 0 spiro atoms. The number of benzene rings is 2. The third-order valence-electron chi connectivity index (χ3n) is 4.63. The number of nitrogens with zero attached hydrogens (tertiary/aromatic N) is 2. The molecule has 1 atom stereocenters. The second-order valence-electron chi connectivity index (χ2n) is 6.57. The molecule has 7 nitrogen and oxygen atoms in total. The van der Waals surface area contributed by atoms with Gasteiger partial charge >= 0.3 is 5.97 Å². The minimum atomic E-state index is -1.33. The second kappa shape index (κ2) is 7.53. The van der Waals surface area contributed by atoms with Gasteiger partial charge in [0, 0.05) is 30.8 Å². The number of non-ortho nitro benzene ring substituents is 1. The Hall–Kier alpha value is -3.29. The Labute approximate surface area is 154 Å². The highest BCUT2D eigenvalue weighted by molar-refractivity contribution is 5.98. The van der Waals surface area contributed by atoms with E-state index in [-0.39, 0.29) is 22.9 Å². The number of hydrogen-bond acceptors (Lipinski definition) is 4. The molecule has 0 bridgehead atoms. The lowest BCUT2D eigenvalue weighted by molar-refractivity contribution is -0.384. The van der Waals surface area contributed by atoms with Crippen molar-refractivity contribution in [1.82, 2.24) is 4.90 Å². The predicted octanol–water partition coefficient (Wildman–Crippen LogP) is 3.14. The molecule has 0 radical (unpaired) electrons. The molecule has 0 aliphatic carbocycles. The number of halogens is 1. The number of carboxylic acids is 1. The van der Waals surface area contributed by atoms with Gasteiger partial charge in [0.2, 0.25) is 0 Å². The van der Waals surface area contributed by atoms with Gasteiger partial charge in [-0.05, 0) is 42.5 Å². The Balaban J connectivity index is 1.74. The molecule has 1 aliphatic heterocycles. The number of carbonyl (C=O) groups excluding carboxylic acids is 1. The number of nitro benzene ring substituents is 1. The Morgan fingerprint density at radius 3 is 2.48 bits per heavy atom. The molecule has 0 aromatic heterocycles. The molecule has 3 rings (SSSR count). The highest BCUT2D eigenvalue weighted by Gasteiger charge is 2.28. The van der Waals surface area contributed by atoms with Gasteiger partial charge in [-0.2, -0.15) is 0 Å². The van der Waals surface area contributed by atoms with E-state index in [1.807, 2.05) is 0 Å². The van der Waals surface area contributed by atoms with Crippen molar-refractivity contribution in [2.45, 2.75) is 12.8 Å². The lowest BCUT2D eigenvalue weighted by Gasteiger charge is -2.17. The summed E-state index contributed by atoms with van der Waals surface area (Å²) in [4.78, 5) is 35.7. The summed E-state index contributed by atoms with van der Waals surface area (Å²) in [5.74, 6) is -1.87. The third-order valence-corrected chi connectivity index (χ3v) is 4.63. The maximum Gasteiger partial charge on any atom is 0.335 e. The van der Waals surface area contributed by atoms with Crippen molar-refractivity contribution in [3.8, 4) is 0 Å². The van der Waals surface area contributed by atoms with Crippen molar-refractivity contribution in [3.05, 3.63) is 75.1 Å². The first kappa shape index (κ1) is 18.5. The van der Waals surface area contributed by atoms with Crippen molar-refractivity contribution >= 4 is 17.6 Å². The summed E-state index contributed by atoms with van der Waals surface area (Å²) >= 11 is 0. The zero-order chi connectivity index (χ0) is 19.6. The van der Waals surface area contributed by atoms with Gasteiger partial charge in [0.25, 0.3) is 11.6 Å². The Morgan fingerprint density at radius 2 is 1.85 bits per heavy atom. The number of rotatable bonds is 5. The quantitative estimate of drug-likeness (QED) is 0.642. The van der Waals surface area contributed by atoms with Gasteiger partial charge in [0.05, 0.1) is 10.5 Å². The maximum absolute atomic E-state index is 13.0. The number of amides is 1. The SMILES string of the molecule is O=C(O)c1cc(C(=O)N2CCC(Cc3ccc(F)cc3)C2)cc([N+](=O)[O-])c1. The third kappa shape index (κ3) is 4.28. The van der Waals surface area contributed by atoms with Crippen LogP contribution < -0.4 is 0 Å². The van der Waals surface area contributed by atoms with E-state index in [2.05, 4.69) is 0 Å². The second-order valence-corrected chi connectivity index (χ2v) is 6.57. The van der Waals surface area contributed by atoms with E-state index in [9.17, 15) is 24.1 Å². The topological polar surface area (TPSA) is 101 Å². The largest absolute Gasteiger partial charge is 0.478 e. The van der Waals surface area contributed by atoms with Gasteiger partial charge < -0.3 is 10.0 Å². The molecule has 1 aliphatic rings. The van der Waals surface area contributed by atoms with Crippen LogP contribution in [0.1, 0.15) is 32.7 Å². The Kier molecular flexibility index (Phi) is 5.16. The predicted molar refractivity (Wildman–Crippen MR) is 94.2 cm³/mol. The van der Waals surface area contributed by atoms with Crippen LogP contribution in [0.25, 0.3) is 0 Å². The molecule has 1 unspecified atom stereocenters. The maximum atomic E-state index is 13.0. The zero-order valence-electron chi connectivity index (χ0n) is 14.3. The van der Waals surface area contributed by atoms with E-state index in [0.717, 1.165) is 30.2 Å². The van der Waals surface area contributed by atoms with Crippen molar-refractivity contribution < 1.29 is 24.0 Å². The molecule has 1 fully saturated rings. The van der Waals surface area contributed by atoms with Crippen LogP contribution >= 0.6 is 0 Å². The van der Waals surface area contributed by atoms with Gasteiger partial charge in [-0.25, -0.2) is 9.18 Å². The van der Waals surface area contributed by atoms with Crippen LogP contribution in [0.3, 0.4) is 0 Å². The van der Waals surface area contributed by atoms with Gasteiger partial charge in [0.15, 0.2) is 0 Å². The first-order valence-corrected chi connectivity index (χ1v) is 8.40. The minimum Gasteiger partial charge on any atom is -0.478 e. The fourth-order valence-corrected chi connectivity index (χ4v) is 3.28. The summed E-state index contributed by atoms with van der Waals surface area (Å²) in [7, 11) is 0. The molecule has 0 saturated carbocycles. The van der Waals surface area contributed by atoms with E-state index in [1.54, 1.807) is 17.0 Å². The smallest absolute Gasteiger partial charge is 0.335 e. The summed E-state index contributed by atoms with van der Waals surface area (Å²) < 4.78 is 13.0. The first-order valence-electron chi connectivity index (χ1n) is 8.40. The van der Waals surface area contributed by atoms with Crippen LogP contribution in [-0.4, -0.2) is 39.9 Å². The normalized spacial score (nSPS) is 16.3. The van der Waals surface area contributed by atoms with Gasteiger partial charge in [-0.1, -0.05) is 12.1 Å². The van der Waals surface area contributed by atoms with Crippen LogP contribution in [0.15, 0.2) is 42.5 Å². The average molecular weight is 372 g/mol. The fraction of sp³-hybridized carbons (Fsp3) is 0.263. The molecule has 1 heterocycles. The summed E-state index contributed by atoms with van der Waals surface area (Å²) in [5, 5.41) is 20.1. The van der Waals surface area contributed by atoms with Crippen LogP contribution in [0.4, 0.5) is 10.1 Å². The van der Waals surface area contributed by atoms with Crippen molar-refractivity contribution in [3.63, 3.8) is 0 Å². The zero-order valence-corrected chi connectivity index (χ0v) is 14.3. The average Bonchev–Trinajstić information content (AvgIpc) is 3.11. The molecule has 1 N–H and O–H groups in total. The van der Waals surface area contributed by atoms with E-state index < -0.39 is 22.5 Å². The van der Waals surface area contributed by atoms with E-state index >= 15 is 0 Å². The van der Waals surface area contributed by atoms with E-state index in [4.69, 9.17) is 5.11 Å². The molecular weight excluding hydrogens is 355 g/mol. The van der Waals surface area contributed by atoms with Gasteiger partial charge in [0.1, 0.15) is 5.82 Å². The number of carbonyl (C=O) groups is 2. The summed E-state index contributed by atoms with van der Waals surface area (Å²) in [6.45, 7) is 0.942. The number of likely N-dealkylation sites (tertiary alicyclic amines) is 1. The highest BCUT2D eigenvalue weighted by atomic mass is 19.1. The highest BCUT2D eigenvalue weighted by Crippen LogP contribution is 2.25. The summed E-state index contributed by atoms with van der Waals surface area (Å²) in [6, 6.07) is 9.39.